The molecule has 0 aliphatic heterocycles. The van der Waals surface area contributed by atoms with E-state index in [2.05, 4.69) is 13.8 Å². The van der Waals surface area contributed by atoms with Gasteiger partial charge in [0.05, 0.1) is 0 Å². The maximum Gasteiger partial charge on any atom is 0.244 e. The Balaban J connectivity index is 3.43. The van der Waals surface area contributed by atoms with Crippen LogP contribution in [0.1, 0.15) is 78.6 Å². The van der Waals surface area contributed by atoms with Crippen LogP contribution in [0.15, 0.2) is 11.6 Å². The molecule has 2 heteroatoms. The molecule has 0 fully saturated rings. The minimum atomic E-state index is -0.292. The van der Waals surface area contributed by atoms with E-state index in [4.69, 9.17) is 5.73 Å². The number of carbonyl (C=O) groups excluding carboxylic acids is 1. The van der Waals surface area contributed by atoms with Gasteiger partial charge in [-0.15, -0.1) is 0 Å². The van der Waals surface area contributed by atoms with Crippen molar-refractivity contribution >= 4 is 5.91 Å². The van der Waals surface area contributed by atoms with Crippen molar-refractivity contribution in [2.24, 2.45) is 11.7 Å². The van der Waals surface area contributed by atoms with Gasteiger partial charge < -0.3 is 5.73 Å². The second-order valence-corrected chi connectivity index (χ2v) is 5.49. The summed E-state index contributed by atoms with van der Waals surface area (Å²) in [4.78, 5) is 10.8. The van der Waals surface area contributed by atoms with E-state index in [9.17, 15) is 4.79 Å². The third-order valence-electron chi connectivity index (χ3n) is 3.54. The van der Waals surface area contributed by atoms with E-state index in [1.54, 1.807) is 6.92 Å². The van der Waals surface area contributed by atoms with Gasteiger partial charge in [0.25, 0.3) is 0 Å². The second-order valence-electron chi connectivity index (χ2n) is 5.49. The molecule has 1 amide bonds. The quantitative estimate of drug-likeness (QED) is 0.425. The van der Waals surface area contributed by atoms with E-state index in [-0.39, 0.29) is 5.91 Å². The Morgan fingerprint density at radius 1 is 1.11 bits per heavy atom. The molecular formula is C16H31NO. The van der Waals surface area contributed by atoms with Crippen molar-refractivity contribution in [3.8, 4) is 0 Å². The number of nitrogens with two attached hydrogens (primary N) is 1. The normalized spacial score (nSPS) is 13.6. The van der Waals surface area contributed by atoms with Crippen molar-refractivity contribution in [2.45, 2.75) is 78.6 Å². The Labute approximate surface area is 113 Å². The fourth-order valence-corrected chi connectivity index (χ4v) is 2.12. The number of allylic oxidation sites excluding steroid dienone is 1. The smallest absolute Gasteiger partial charge is 0.244 e. The van der Waals surface area contributed by atoms with Gasteiger partial charge in [0, 0.05) is 5.57 Å². The van der Waals surface area contributed by atoms with Crippen LogP contribution in [0.5, 0.6) is 0 Å². The third-order valence-corrected chi connectivity index (χ3v) is 3.54. The van der Waals surface area contributed by atoms with Gasteiger partial charge in [-0.1, -0.05) is 64.9 Å². The Hall–Kier alpha value is -0.790. The highest BCUT2D eigenvalue weighted by Crippen LogP contribution is 2.17. The molecule has 1 unspecified atom stereocenters. The second kappa shape index (κ2) is 11.3. The summed E-state index contributed by atoms with van der Waals surface area (Å²) < 4.78 is 0. The highest BCUT2D eigenvalue weighted by molar-refractivity contribution is 5.91. The highest BCUT2D eigenvalue weighted by Gasteiger charge is 2.01. The first-order valence-corrected chi connectivity index (χ1v) is 7.54. The standard InChI is InChI=1S/C16H31NO/c1-4-5-6-8-11-14(2)12-9-7-10-13-15(3)16(17)18/h13-14H,4-12H2,1-3H3,(H2,17,18)/b15-13+. The lowest BCUT2D eigenvalue weighted by Crippen LogP contribution is -2.11. The van der Waals surface area contributed by atoms with Gasteiger partial charge in [-0.2, -0.15) is 0 Å². The van der Waals surface area contributed by atoms with Crippen LogP contribution >= 0.6 is 0 Å². The summed E-state index contributed by atoms with van der Waals surface area (Å²) in [5.74, 6) is 0.558. The lowest BCUT2D eigenvalue weighted by Gasteiger charge is -2.10. The lowest BCUT2D eigenvalue weighted by molar-refractivity contribution is -0.114. The van der Waals surface area contributed by atoms with Gasteiger partial charge in [0.15, 0.2) is 0 Å². The highest BCUT2D eigenvalue weighted by atomic mass is 16.1. The lowest BCUT2D eigenvalue weighted by atomic mass is 9.96. The monoisotopic (exact) mass is 253 g/mol. The molecule has 0 radical (unpaired) electrons. The van der Waals surface area contributed by atoms with E-state index in [0.717, 1.165) is 12.3 Å². The maximum absolute atomic E-state index is 10.8. The molecule has 18 heavy (non-hydrogen) atoms. The molecule has 0 heterocycles. The predicted octanol–water partition coefficient (Wildman–Crippen LogP) is 4.58. The van der Waals surface area contributed by atoms with Crippen LogP contribution in [0.2, 0.25) is 0 Å². The zero-order valence-electron chi connectivity index (χ0n) is 12.5. The van der Waals surface area contributed by atoms with Gasteiger partial charge in [-0.05, 0) is 25.7 Å². The molecule has 2 nitrogen and oxygen atoms in total. The first-order valence-electron chi connectivity index (χ1n) is 7.54. The zero-order valence-corrected chi connectivity index (χ0v) is 12.5. The van der Waals surface area contributed by atoms with Crippen LogP contribution in [0.25, 0.3) is 0 Å². The van der Waals surface area contributed by atoms with Gasteiger partial charge in [0.1, 0.15) is 0 Å². The largest absolute Gasteiger partial charge is 0.366 e. The number of primary amides is 1. The van der Waals surface area contributed by atoms with E-state index in [1.807, 2.05) is 6.08 Å². The number of hydrogen-bond acceptors (Lipinski definition) is 1. The summed E-state index contributed by atoms with van der Waals surface area (Å²) in [7, 11) is 0. The SMILES string of the molecule is CCCCCCC(C)CCCC/C=C(\C)C(N)=O. The Morgan fingerprint density at radius 3 is 2.28 bits per heavy atom. The Kier molecular flexibility index (Phi) is 10.8. The molecule has 0 aliphatic rings. The summed E-state index contributed by atoms with van der Waals surface area (Å²) in [5, 5.41) is 0. The van der Waals surface area contributed by atoms with Crippen LogP contribution < -0.4 is 5.73 Å². The number of rotatable bonds is 11. The van der Waals surface area contributed by atoms with Crippen LogP contribution in [-0.2, 0) is 4.79 Å². The van der Waals surface area contributed by atoms with Crippen molar-refractivity contribution in [1.29, 1.82) is 0 Å². The fraction of sp³-hybridized carbons (Fsp3) is 0.812. The van der Waals surface area contributed by atoms with Crippen LogP contribution in [0, 0.1) is 5.92 Å². The molecular weight excluding hydrogens is 222 g/mol. The molecule has 0 aromatic carbocycles. The van der Waals surface area contributed by atoms with Crippen LogP contribution in [-0.4, -0.2) is 5.91 Å². The predicted molar refractivity (Wildman–Crippen MR) is 79.3 cm³/mol. The third kappa shape index (κ3) is 10.4. The topological polar surface area (TPSA) is 43.1 Å². The minimum Gasteiger partial charge on any atom is -0.366 e. The fourth-order valence-electron chi connectivity index (χ4n) is 2.12. The average molecular weight is 253 g/mol. The maximum atomic E-state index is 10.8. The van der Waals surface area contributed by atoms with Gasteiger partial charge in [-0.3, -0.25) is 4.79 Å². The zero-order chi connectivity index (χ0) is 13.8. The van der Waals surface area contributed by atoms with E-state index in [0.29, 0.717) is 5.57 Å². The summed E-state index contributed by atoms with van der Waals surface area (Å²) in [6.07, 6.45) is 13.5. The van der Waals surface area contributed by atoms with Gasteiger partial charge in [-0.25, -0.2) is 0 Å². The molecule has 0 bridgehead atoms. The molecule has 0 aliphatic carbocycles. The number of amides is 1. The number of hydrogen-bond donors (Lipinski definition) is 1. The van der Waals surface area contributed by atoms with Crippen LogP contribution in [0.4, 0.5) is 0 Å². The van der Waals surface area contributed by atoms with Crippen molar-refractivity contribution in [3.05, 3.63) is 11.6 Å². The number of carbonyl (C=O) groups is 1. The van der Waals surface area contributed by atoms with E-state index >= 15 is 0 Å². The van der Waals surface area contributed by atoms with Crippen molar-refractivity contribution in [1.82, 2.24) is 0 Å². The molecule has 0 aromatic rings. The van der Waals surface area contributed by atoms with Crippen LogP contribution in [0.3, 0.4) is 0 Å². The summed E-state index contributed by atoms with van der Waals surface area (Å²) in [6, 6.07) is 0. The summed E-state index contributed by atoms with van der Waals surface area (Å²) in [5.41, 5.74) is 5.87. The molecule has 0 rings (SSSR count). The molecule has 106 valence electrons. The first kappa shape index (κ1) is 17.2. The molecule has 0 saturated carbocycles. The Bertz CT molecular complexity index is 245. The molecule has 0 spiro atoms. The molecule has 0 aromatic heterocycles. The molecule has 1 atom stereocenters. The minimum absolute atomic E-state index is 0.292. The van der Waals surface area contributed by atoms with Crippen molar-refractivity contribution in [2.75, 3.05) is 0 Å². The number of unbranched alkanes of at least 4 members (excludes halogenated alkanes) is 5. The van der Waals surface area contributed by atoms with Crippen molar-refractivity contribution < 1.29 is 4.79 Å². The summed E-state index contributed by atoms with van der Waals surface area (Å²) >= 11 is 0. The Morgan fingerprint density at radius 2 is 1.72 bits per heavy atom. The van der Waals surface area contributed by atoms with Gasteiger partial charge in [0.2, 0.25) is 5.91 Å². The molecule has 2 N–H and O–H groups in total. The van der Waals surface area contributed by atoms with Crippen molar-refractivity contribution in [3.63, 3.8) is 0 Å². The summed E-state index contributed by atoms with van der Waals surface area (Å²) in [6.45, 7) is 6.40. The van der Waals surface area contributed by atoms with E-state index < -0.39 is 0 Å². The average Bonchev–Trinajstić information content (AvgIpc) is 2.33. The first-order chi connectivity index (χ1) is 8.57. The molecule has 0 saturated heterocycles. The van der Waals surface area contributed by atoms with Gasteiger partial charge >= 0.3 is 0 Å². The van der Waals surface area contributed by atoms with E-state index in [1.165, 1.54) is 51.4 Å².